The molecule has 0 amide bonds. The van der Waals surface area contributed by atoms with Gasteiger partial charge in [0, 0.05) is 6.54 Å². The van der Waals surface area contributed by atoms with Crippen LogP contribution in [0.1, 0.15) is 26.7 Å². The van der Waals surface area contributed by atoms with Crippen molar-refractivity contribution in [1.29, 1.82) is 0 Å². The van der Waals surface area contributed by atoms with Gasteiger partial charge in [0.15, 0.2) is 0 Å². The average Bonchev–Trinajstić information content (AvgIpc) is 3.09. The molecule has 1 rings (SSSR count). The normalized spacial score (nSPS) is 18.9. The number of hydrogen-bond acceptors (Lipinski definition) is 4. The van der Waals surface area contributed by atoms with E-state index in [0.29, 0.717) is 6.54 Å². The van der Waals surface area contributed by atoms with Crippen molar-refractivity contribution >= 4 is 5.97 Å². The molecule has 0 aromatic carbocycles. The van der Waals surface area contributed by atoms with Gasteiger partial charge in [-0.2, -0.15) is 13.2 Å². The van der Waals surface area contributed by atoms with Gasteiger partial charge in [0.1, 0.15) is 5.54 Å². The number of nitrogens with one attached hydrogen (secondary N) is 1. The largest absolute Gasteiger partial charge is 0.465 e. The number of likely N-dealkylation sites (N-methyl/N-ethyl adjacent to an activating group) is 2. The Balaban J connectivity index is 2.83. The molecule has 1 fully saturated rings. The average molecular weight is 296 g/mol. The maximum Gasteiger partial charge on any atom is 0.401 e. The minimum absolute atomic E-state index is 0.00382. The number of ether oxygens (including phenoxy) is 1. The molecule has 1 unspecified atom stereocenters. The van der Waals surface area contributed by atoms with Crippen LogP contribution in [0.25, 0.3) is 0 Å². The van der Waals surface area contributed by atoms with Crippen LogP contribution in [0.3, 0.4) is 0 Å². The first-order valence-corrected chi connectivity index (χ1v) is 6.92. The topological polar surface area (TPSA) is 41.6 Å². The standard InChI is InChI=1S/C13H23F3N2O2/c1-4-17-12(10-6-7-10,11(19)20-5-2)8-18(3)9-13(14,15)16/h10,17H,4-9H2,1-3H3. The lowest BCUT2D eigenvalue weighted by Crippen LogP contribution is -2.61. The first-order valence-electron chi connectivity index (χ1n) is 6.92. The van der Waals surface area contributed by atoms with Gasteiger partial charge in [0.2, 0.25) is 0 Å². The van der Waals surface area contributed by atoms with E-state index < -0.39 is 24.2 Å². The molecule has 4 nitrogen and oxygen atoms in total. The lowest BCUT2D eigenvalue weighted by Gasteiger charge is -2.36. The fourth-order valence-corrected chi connectivity index (χ4v) is 2.57. The Bertz CT molecular complexity index is 332. The summed E-state index contributed by atoms with van der Waals surface area (Å²) in [4.78, 5) is 13.4. The van der Waals surface area contributed by atoms with Gasteiger partial charge in [0.05, 0.1) is 13.2 Å². The fourth-order valence-electron chi connectivity index (χ4n) is 2.57. The summed E-state index contributed by atoms with van der Waals surface area (Å²) < 4.78 is 42.4. The minimum atomic E-state index is -4.27. The van der Waals surface area contributed by atoms with Crippen LogP contribution in [0.15, 0.2) is 0 Å². The van der Waals surface area contributed by atoms with E-state index in [1.165, 1.54) is 7.05 Å². The number of carbonyl (C=O) groups excluding carboxylic acids is 1. The number of halogens is 3. The summed E-state index contributed by atoms with van der Waals surface area (Å²) >= 11 is 0. The van der Waals surface area contributed by atoms with Crippen LogP contribution >= 0.6 is 0 Å². The van der Waals surface area contributed by atoms with Crippen molar-refractivity contribution < 1.29 is 22.7 Å². The van der Waals surface area contributed by atoms with Crippen molar-refractivity contribution in [3.63, 3.8) is 0 Å². The highest BCUT2D eigenvalue weighted by Gasteiger charge is 2.52. The zero-order valence-electron chi connectivity index (χ0n) is 12.2. The molecular formula is C13H23F3N2O2. The molecule has 20 heavy (non-hydrogen) atoms. The Kier molecular flexibility index (Phi) is 5.82. The van der Waals surface area contributed by atoms with E-state index in [-0.39, 0.29) is 19.1 Å². The molecule has 1 atom stereocenters. The Labute approximate surface area is 117 Å². The fraction of sp³-hybridized carbons (Fsp3) is 0.923. The molecule has 0 spiro atoms. The first-order chi connectivity index (χ1) is 9.25. The molecule has 1 aliphatic rings. The maximum absolute atomic E-state index is 12.5. The van der Waals surface area contributed by atoms with E-state index >= 15 is 0 Å². The molecule has 0 bridgehead atoms. The van der Waals surface area contributed by atoms with Crippen molar-refractivity contribution in [3.8, 4) is 0 Å². The summed E-state index contributed by atoms with van der Waals surface area (Å²) in [7, 11) is 1.38. The van der Waals surface area contributed by atoms with Crippen LogP contribution in [0, 0.1) is 5.92 Å². The number of carbonyl (C=O) groups is 1. The van der Waals surface area contributed by atoms with E-state index in [9.17, 15) is 18.0 Å². The van der Waals surface area contributed by atoms with Crippen LogP contribution in [-0.4, -0.2) is 55.9 Å². The summed E-state index contributed by atoms with van der Waals surface area (Å²) in [6, 6.07) is 0. The molecule has 1 aliphatic carbocycles. The van der Waals surface area contributed by atoms with Crippen LogP contribution in [-0.2, 0) is 9.53 Å². The molecule has 0 heterocycles. The first kappa shape index (κ1) is 17.2. The lowest BCUT2D eigenvalue weighted by molar-refractivity contribution is -0.159. The Morgan fingerprint density at radius 1 is 1.30 bits per heavy atom. The summed E-state index contributed by atoms with van der Waals surface area (Å²) in [6.45, 7) is 3.23. The Morgan fingerprint density at radius 2 is 1.90 bits per heavy atom. The summed E-state index contributed by atoms with van der Waals surface area (Å²) in [5.41, 5.74) is -1.02. The van der Waals surface area contributed by atoms with Crippen LogP contribution in [0.4, 0.5) is 13.2 Å². The third-order valence-corrected chi connectivity index (χ3v) is 3.37. The third-order valence-electron chi connectivity index (χ3n) is 3.37. The predicted molar refractivity (Wildman–Crippen MR) is 69.3 cm³/mol. The third kappa shape index (κ3) is 4.63. The van der Waals surface area contributed by atoms with Gasteiger partial charge in [-0.3, -0.25) is 4.90 Å². The van der Waals surface area contributed by atoms with Gasteiger partial charge in [-0.15, -0.1) is 0 Å². The molecule has 118 valence electrons. The van der Waals surface area contributed by atoms with Crippen molar-refractivity contribution in [2.24, 2.45) is 5.92 Å². The van der Waals surface area contributed by atoms with Gasteiger partial charge in [-0.05, 0) is 39.3 Å². The van der Waals surface area contributed by atoms with E-state index in [2.05, 4.69) is 5.32 Å². The summed E-state index contributed by atoms with van der Waals surface area (Å²) in [6.07, 6.45) is -2.59. The summed E-state index contributed by atoms with van der Waals surface area (Å²) in [5.74, 6) is -0.393. The molecule has 0 aliphatic heterocycles. The van der Waals surface area contributed by atoms with Gasteiger partial charge >= 0.3 is 12.1 Å². The quantitative estimate of drug-likeness (QED) is 0.694. The highest BCUT2D eigenvalue weighted by atomic mass is 19.4. The van der Waals surface area contributed by atoms with E-state index in [4.69, 9.17) is 4.74 Å². The van der Waals surface area contributed by atoms with Gasteiger partial charge in [-0.1, -0.05) is 6.92 Å². The monoisotopic (exact) mass is 296 g/mol. The van der Waals surface area contributed by atoms with Crippen molar-refractivity contribution in [2.75, 3.05) is 33.3 Å². The van der Waals surface area contributed by atoms with Crippen LogP contribution < -0.4 is 5.32 Å². The Morgan fingerprint density at radius 3 is 2.30 bits per heavy atom. The molecule has 0 aromatic heterocycles. The number of rotatable bonds is 8. The van der Waals surface area contributed by atoms with Gasteiger partial charge < -0.3 is 10.1 Å². The molecule has 1 saturated carbocycles. The van der Waals surface area contributed by atoms with Crippen LogP contribution in [0.5, 0.6) is 0 Å². The van der Waals surface area contributed by atoms with Crippen molar-refractivity contribution in [2.45, 2.75) is 38.4 Å². The molecule has 0 aromatic rings. The molecule has 7 heteroatoms. The molecule has 0 radical (unpaired) electrons. The minimum Gasteiger partial charge on any atom is -0.465 e. The zero-order valence-corrected chi connectivity index (χ0v) is 12.2. The second-order valence-electron chi connectivity index (χ2n) is 5.28. The number of alkyl halides is 3. The number of esters is 1. The van der Waals surface area contributed by atoms with Crippen molar-refractivity contribution in [1.82, 2.24) is 10.2 Å². The lowest BCUT2D eigenvalue weighted by atomic mass is 9.92. The molecule has 0 saturated heterocycles. The Hall–Kier alpha value is -0.820. The van der Waals surface area contributed by atoms with Gasteiger partial charge in [0.25, 0.3) is 0 Å². The number of hydrogen-bond donors (Lipinski definition) is 1. The number of nitrogens with zero attached hydrogens (tertiary/aromatic N) is 1. The SMILES string of the molecule is CCNC(CN(C)CC(F)(F)F)(C(=O)OCC)C1CC1. The zero-order chi connectivity index (χ0) is 15.4. The molecular weight excluding hydrogens is 273 g/mol. The van der Waals surface area contributed by atoms with E-state index in [1.54, 1.807) is 6.92 Å². The maximum atomic E-state index is 12.5. The highest BCUT2D eigenvalue weighted by molar-refractivity contribution is 5.82. The van der Waals surface area contributed by atoms with Crippen molar-refractivity contribution in [3.05, 3.63) is 0 Å². The van der Waals surface area contributed by atoms with E-state index in [0.717, 1.165) is 17.7 Å². The second kappa shape index (κ2) is 6.76. The predicted octanol–water partition coefficient (Wildman–Crippen LogP) is 1.80. The van der Waals surface area contributed by atoms with Gasteiger partial charge in [-0.25, -0.2) is 4.79 Å². The highest BCUT2D eigenvalue weighted by Crippen LogP contribution is 2.41. The van der Waals surface area contributed by atoms with Crippen LogP contribution in [0.2, 0.25) is 0 Å². The second-order valence-corrected chi connectivity index (χ2v) is 5.28. The smallest absolute Gasteiger partial charge is 0.401 e. The van der Waals surface area contributed by atoms with E-state index in [1.807, 2.05) is 6.92 Å². The summed E-state index contributed by atoms with van der Waals surface area (Å²) in [5, 5.41) is 3.08. The molecule has 1 N–H and O–H groups in total.